The van der Waals surface area contributed by atoms with Crippen LogP contribution in [0.1, 0.15) is 42.8 Å². The number of carbonyl (C=O) groups excluding carboxylic acids is 1. The monoisotopic (exact) mass is 342 g/mol. The third-order valence-electron chi connectivity index (χ3n) is 4.53. The minimum atomic E-state index is -0.200. The van der Waals surface area contributed by atoms with Crippen LogP contribution in [-0.2, 0) is 17.8 Å². The maximum Gasteiger partial charge on any atom is 0.217 e. The van der Waals surface area contributed by atoms with Gasteiger partial charge in [-0.05, 0) is 43.5 Å². The van der Waals surface area contributed by atoms with Crippen LogP contribution in [0.3, 0.4) is 0 Å². The summed E-state index contributed by atoms with van der Waals surface area (Å²) < 4.78 is 13.0. The number of hydrogen-bond donors (Lipinski definition) is 1. The molecular weight excluding hydrogens is 319 g/mol. The Bertz CT molecular complexity index is 720. The first kappa shape index (κ1) is 17.5. The molecule has 6 heteroatoms. The molecule has 1 aromatic carbocycles. The predicted octanol–water partition coefficient (Wildman–Crippen LogP) is 2.63. The molecule has 5 nitrogen and oxygen atoms in total. The number of likely N-dealkylation sites (tertiary alicyclic amines) is 1. The Morgan fingerprint density at radius 3 is 2.88 bits per heavy atom. The van der Waals surface area contributed by atoms with E-state index in [1.165, 1.54) is 19.1 Å². The molecule has 1 N–H and O–H groups in total. The van der Waals surface area contributed by atoms with Crippen LogP contribution in [0.15, 0.2) is 36.7 Å². The van der Waals surface area contributed by atoms with Gasteiger partial charge in [0.15, 0.2) is 0 Å². The van der Waals surface area contributed by atoms with E-state index in [0.717, 1.165) is 49.3 Å². The Hall–Kier alpha value is -2.34. The number of nitrogens with one attached hydrogen (secondary N) is 1. The average Bonchev–Trinajstić information content (AvgIpc) is 3.08. The van der Waals surface area contributed by atoms with E-state index < -0.39 is 0 Å². The molecule has 2 aromatic rings. The summed E-state index contributed by atoms with van der Waals surface area (Å²) in [5.41, 5.74) is 2.87. The van der Waals surface area contributed by atoms with Crippen LogP contribution in [-0.4, -0.2) is 33.9 Å². The van der Waals surface area contributed by atoms with Crippen molar-refractivity contribution in [3.05, 3.63) is 59.4 Å². The minimum Gasteiger partial charge on any atom is -0.351 e. The highest BCUT2D eigenvalue weighted by Crippen LogP contribution is 2.30. The number of carbonyl (C=O) groups is 1. The second-order valence-corrected chi connectivity index (χ2v) is 6.42. The summed E-state index contributed by atoms with van der Waals surface area (Å²) in [5.74, 6) is -0.275. The minimum absolute atomic E-state index is 0.0750. The van der Waals surface area contributed by atoms with Gasteiger partial charge >= 0.3 is 0 Å². The molecule has 0 bridgehead atoms. The molecular formula is C19H23FN4O. The normalized spacial score (nSPS) is 17.6. The molecule has 0 aliphatic carbocycles. The zero-order valence-electron chi connectivity index (χ0n) is 14.4. The van der Waals surface area contributed by atoms with Gasteiger partial charge in [0.05, 0.1) is 36.4 Å². The molecule has 132 valence electrons. The zero-order valence-corrected chi connectivity index (χ0v) is 14.4. The quantitative estimate of drug-likeness (QED) is 0.877. The number of rotatable bonds is 6. The highest BCUT2D eigenvalue weighted by atomic mass is 19.1. The maximum absolute atomic E-state index is 13.0. The Morgan fingerprint density at radius 1 is 1.32 bits per heavy atom. The van der Waals surface area contributed by atoms with Crippen LogP contribution < -0.4 is 5.32 Å². The van der Waals surface area contributed by atoms with Crippen LogP contribution in [0, 0.1) is 5.82 Å². The van der Waals surface area contributed by atoms with Gasteiger partial charge in [-0.3, -0.25) is 19.7 Å². The van der Waals surface area contributed by atoms with Gasteiger partial charge in [-0.15, -0.1) is 0 Å². The number of aromatic nitrogens is 2. The fraction of sp³-hybridized carbons (Fsp3) is 0.421. The Morgan fingerprint density at radius 2 is 2.12 bits per heavy atom. The number of halogens is 1. The Kier molecular flexibility index (Phi) is 5.71. The average molecular weight is 342 g/mol. The van der Waals surface area contributed by atoms with Gasteiger partial charge < -0.3 is 5.32 Å². The van der Waals surface area contributed by atoms with Crippen molar-refractivity contribution in [3.63, 3.8) is 0 Å². The standard InChI is InChI=1S/C19H23FN4O/c1-14(25)22-12-17-11-21-13-18(23-17)19-3-2-9-24(19)10-8-15-4-6-16(20)7-5-15/h4-7,11,13,19H,2-3,8-10,12H2,1H3,(H,22,25)/t19-/m1/s1. The van der Waals surface area contributed by atoms with Crippen molar-refractivity contribution in [1.29, 1.82) is 0 Å². The van der Waals surface area contributed by atoms with Gasteiger partial charge in [0, 0.05) is 13.5 Å². The van der Waals surface area contributed by atoms with Crippen LogP contribution in [0.25, 0.3) is 0 Å². The topological polar surface area (TPSA) is 58.1 Å². The largest absolute Gasteiger partial charge is 0.351 e. The van der Waals surface area contributed by atoms with Crippen molar-refractivity contribution >= 4 is 5.91 Å². The van der Waals surface area contributed by atoms with Crippen LogP contribution in [0.2, 0.25) is 0 Å². The van der Waals surface area contributed by atoms with Gasteiger partial charge in [-0.25, -0.2) is 4.39 Å². The fourth-order valence-corrected chi connectivity index (χ4v) is 3.24. The molecule has 0 saturated carbocycles. The number of benzene rings is 1. The summed E-state index contributed by atoms with van der Waals surface area (Å²) in [6, 6.07) is 6.95. The lowest BCUT2D eigenvalue weighted by molar-refractivity contribution is -0.119. The molecule has 1 aliphatic heterocycles. The second kappa shape index (κ2) is 8.16. The maximum atomic E-state index is 13.0. The van der Waals surface area contributed by atoms with Crippen LogP contribution >= 0.6 is 0 Å². The second-order valence-electron chi connectivity index (χ2n) is 6.42. The van der Waals surface area contributed by atoms with E-state index in [2.05, 4.69) is 20.2 Å². The van der Waals surface area contributed by atoms with Crippen molar-refractivity contribution in [1.82, 2.24) is 20.2 Å². The van der Waals surface area contributed by atoms with Crippen molar-refractivity contribution in [2.75, 3.05) is 13.1 Å². The van der Waals surface area contributed by atoms with E-state index >= 15 is 0 Å². The van der Waals surface area contributed by atoms with E-state index in [1.807, 2.05) is 18.3 Å². The van der Waals surface area contributed by atoms with E-state index in [4.69, 9.17) is 0 Å². The molecule has 1 aromatic heterocycles. The summed E-state index contributed by atoms with van der Waals surface area (Å²) in [6.07, 6.45) is 6.58. The van der Waals surface area contributed by atoms with Crippen LogP contribution in [0.5, 0.6) is 0 Å². The lowest BCUT2D eigenvalue weighted by Crippen LogP contribution is -2.27. The van der Waals surface area contributed by atoms with Gasteiger partial charge in [0.2, 0.25) is 5.91 Å². The zero-order chi connectivity index (χ0) is 17.6. The highest BCUT2D eigenvalue weighted by Gasteiger charge is 2.27. The first-order valence-corrected chi connectivity index (χ1v) is 8.65. The molecule has 0 radical (unpaired) electrons. The molecule has 3 rings (SSSR count). The lowest BCUT2D eigenvalue weighted by atomic mass is 10.1. The molecule has 2 heterocycles. The van der Waals surface area contributed by atoms with Gasteiger partial charge in [0.25, 0.3) is 0 Å². The Labute approximate surface area is 147 Å². The summed E-state index contributed by atoms with van der Waals surface area (Å²) in [6.45, 7) is 3.83. The highest BCUT2D eigenvalue weighted by molar-refractivity contribution is 5.72. The first-order chi connectivity index (χ1) is 12.1. The fourth-order valence-electron chi connectivity index (χ4n) is 3.24. The van der Waals surface area contributed by atoms with Gasteiger partial charge in [-0.2, -0.15) is 0 Å². The molecule has 1 atom stereocenters. The molecule has 0 unspecified atom stereocenters. The molecule has 25 heavy (non-hydrogen) atoms. The van der Waals surface area contributed by atoms with Gasteiger partial charge in [0.1, 0.15) is 5.82 Å². The number of nitrogens with zero attached hydrogens (tertiary/aromatic N) is 3. The van der Waals surface area contributed by atoms with E-state index in [9.17, 15) is 9.18 Å². The van der Waals surface area contributed by atoms with E-state index in [0.29, 0.717) is 6.54 Å². The molecule has 1 fully saturated rings. The SMILES string of the molecule is CC(=O)NCc1cncc([C@H]2CCCN2CCc2ccc(F)cc2)n1. The molecule has 1 saturated heterocycles. The lowest BCUT2D eigenvalue weighted by Gasteiger charge is -2.24. The van der Waals surface area contributed by atoms with Crippen LogP contribution in [0.4, 0.5) is 4.39 Å². The summed E-state index contributed by atoms with van der Waals surface area (Å²) in [5, 5.41) is 2.76. The smallest absolute Gasteiger partial charge is 0.217 e. The third kappa shape index (κ3) is 4.82. The van der Waals surface area contributed by atoms with Gasteiger partial charge in [-0.1, -0.05) is 12.1 Å². The number of amides is 1. The molecule has 1 aliphatic rings. The summed E-state index contributed by atoms with van der Waals surface area (Å²) >= 11 is 0. The third-order valence-corrected chi connectivity index (χ3v) is 4.53. The van der Waals surface area contributed by atoms with E-state index in [-0.39, 0.29) is 17.8 Å². The molecule has 0 spiro atoms. The summed E-state index contributed by atoms with van der Waals surface area (Å²) in [7, 11) is 0. The Balaban J connectivity index is 1.63. The van der Waals surface area contributed by atoms with Crippen molar-refractivity contribution in [2.24, 2.45) is 0 Å². The first-order valence-electron chi connectivity index (χ1n) is 8.65. The van der Waals surface area contributed by atoms with Crippen molar-refractivity contribution < 1.29 is 9.18 Å². The van der Waals surface area contributed by atoms with Crippen molar-refractivity contribution in [2.45, 2.75) is 38.8 Å². The predicted molar refractivity (Wildman–Crippen MR) is 93.2 cm³/mol. The summed E-state index contributed by atoms with van der Waals surface area (Å²) in [4.78, 5) is 22.4. The van der Waals surface area contributed by atoms with E-state index in [1.54, 1.807) is 6.20 Å². The number of hydrogen-bond acceptors (Lipinski definition) is 4. The van der Waals surface area contributed by atoms with Crippen molar-refractivity contribution in [3.8, 4) is 0 Å². The molecule has 1 amide bonds.